The summed E-state index contributed by atoms with van der Waals surface area (Å²) in [5.74, 6) is -0.202. The third-order valence-corrected chi connectivity index (χ3v) is 6.07. The second-order valence-corrected chi connectivity index (χ2v) is 7.96. The molecule has 0 spiro atoms. The van der Waals surface area contributed by atoms with Gasteiger partial charge in [0.2, 0.25) is 0 Å². The van der Waals surface area contributed by atoms with E-state index in [1.54, 1.807) is 33.3 Å². The first kappa shape index (κ1) is 18.5. The topological polar surface area (TPSA) is 73.0 Å². The van der Waals surface area contributed by atoms with Crippen LogP contribution in [-0.2, 0) is 11.3 Å². The van der Waals surface area contributed by atoms with E-state index in [4.69, 9.17) is 0 Å². The van der Waals surface area contributed by atoms with Crippen molar-refractivity contribution >= 4 is 35.0 Å². The lowest BCUT2D eigenvalue weighted by atomic mass is 10.0. The van der Waals surface area contributed by atoms with Gasteiger partial charge in [0.15, 0.2) is 0 Å². The zero-order valence-electron chi connectivity index (χ0n) is 15.4. The second kappa shape index (κ2) is 8.02. The molecule has 2 aliphatic heterocycles. The molecule has 7 nitrogen and oxygen atoms in total. The molecule has 0 bridgehead atoms. The van der Waals surface area contributed by atoms with Gasteiger partial charge in [0.05, 0.1) is 12.2 Å². The number of piperidine rings is 1. The molecule has 0 radical (unpaired) electrons. The van der Waals surface area contributed by atoms with Crippen molar-refractivity contribution in [3.63, 3.8) is 0 Å². The Morgan fingerprint density at radius 2 is 1.82 bits per heavy atom. The fraction of sp³-hybridized carbons (Fsp3) is 0.350. The van der Waals surface area contributed by atoms with E-state index >= 15 is 0 Å². The maximum absolute atomic E-state index is 12.8. The van der Waals surface area contributed by atoms with Crippen LogP contribution in [0, 0.1) is 0 Å². The van der Waals surface area contributed by atoms with Crippen LogP contribution in [0.3, 0.4) is 0 Å². The van der Waals surface area contributed by atoms with Crippen molar-refractivity contribution < 1.29 is 14.4 Å². The lowest BCUT2D eigenvalue weighted by Gasteiger charge is -2.36. The van der Waals surface area contributed by atoms with E-state index in [1.807, 2.05) is 35.7 Å². The smallest absolute Gasteiger partial charge is 0.332 e. The van der Waals surface area contributed by atoms with Gasteiger partial charge in [-0.05, 0) is 36.4 Å². The van der Waals surface area contributed by atoms with E-state index < -0.39 is 0 Å². The zero-order valence-corrected chi connectivity index (χ0v) is 16.2. The minimum Gasteiger partial charge on any atom is -0.333 e. The van der Waals surface area contributed by atoms with E-state index in [1.165, 1.54) is 4.90 Å². The van der Waals surface area contributed by atoms with Crippen LogP contribution in [0.4, 0.5) is 15.3 Å². The van der Waals surface area contributed by atoms with Gasteiger partial charge in [-0.3, -0.25) is 4.79 Å². The average Bonchev–Trinajstić information content (AvgIpc) is 3.34. The Bertz CT molecular complexity index is 848. The van der Waals surface area contributed by atoms with Crippen LogP contribution in [-0.4, -0.2) is 53.4 Å². The Balaban J connectivity index is 1.32. The van der Waals surface area contributed by atoms with Gasteiger partial charge >= 0.3 is 12.1 Å². The summed E-state index contributed by atoms with van der Waals surface area (Å²) >= 11 is 1.61. The van der Waals surface area contributed by atoms with E-state index in [9.17, 15) is 14.4 Å². The zero-order chi connectivity index (χ0) is 19.5. The van der Waals surface area contributed by atoms with Crippen LogP contribution in [0.15, 0.2) is 47.8 Å². The standard InChI is InChI=1S/C20H22N4O3S/c25-18-14-23(20(27)24(18)16-5-2-1-3-6-16)15-8-10-22(11-9-15)19(26)21-13-17-7-4-12-28-17/h1-7,12,15H,8-11,13-14H2,(H,21,26). The minimum atomic E-state index is -0.267. The SMILES string of the molecule is O=C(NCc1cccs1)N1CCC(N2CC(=O)N(c3ccccc3)C2=O)CC1. The third-order valence-electron chi connectivity index (χ3n) is 5.19. The molecule has 5 amide bonds. The summed E-state index contributed by atoms with van der Waals surface area (Å²) in [7, 11) is 0. The number of benzene rings is 1. The number of carbonyl (C=O) groups is 3. The highest BCUT2D eigenvalue weighted by molar-refractivity contribution is 7.09. The van der Waals surface area contributed by atoms with Crippen molar-refractivity contribution in [2.45, 2.75) is 25.4 Å². The first-order valence-electron chi connectivity index (χ1n) is 9.37. The first-order valence-corrected chi connectivity index (χ1v) is 10.2. The molecule has 1 aromatic heterocycles. The van der Waals surface area contributed by atoms with Crippen molar-refractivity contribution in [2.24, 2.45) is 0 Å². The van der Waals surface area contributed by atoms with Crippen LogP contribution in [0.5, 0.6) is 0 Å². The molecule has 1 aromatic carbocycles. The van der Waals surface area contributed by atoms with Crippen molar-refractivity contribution in [1.29, 1.82) is 0 Å². The Morgan fingerprint density at radius 3 is 2.50 bits per heavy atom. The minimum absolute atomic E-state index is 0.0218. The normalized spacial score (nSPS) is 18.1. The summed E-state index contributed by atoms with van der Waals surface area (Å²) in [6.45, 7) is 1.78. The Morgan fingerprint density at radius 1 is 1.07 bits per heavy atom. The first-order chi connectivity index (χ1) is 13.6. The number of hydrogen-bond acceptors (Lipinski definition) is 4. The van der Waals surface area contributed by atoms with Crippen LogP contribution >= 0.6 is 11.3 Å². The number of nitrogens with zero attached hydrogens (tertiary/aromatic N) is 3. The maximum atomic E-state index is 12.8. The number of para-hydroxylation sites is 1. The molecule has 146 valence electrons. The molecular weight excluding hydrogens is 376 g/mol. The summed E-state index contributed by atoms with van der Waals surface area (Å²) in [4.78, 5) is 43.3. The fourth-order valence-corrected chi connectivity index (χ4v) is 4.35. The highest BCUT2D eigenvalue weighted by atomic mass is 32.1. The number of rotatable bonds is 4. The molecule has 4 rings (SSSR count). The molecule has 8 heteroatoms. The van der Waals surface area contributed by atoms with Crippen LogP contribution < -0.4 is 10.2 Å². The monoisotopic (exact) mass is 398 g/mol. The van der Waals surface area contributed by atoms with E-state index in [0.29, 0.717) is 38.2 Å². The molecule has 2 fully saturated rings. The Labute approximate surface area is 167 Å². The van der Waals surface area contributed by atoms with Gasteiger partial charge in [-0.1, -0.05) is 24.3 Å². The Kier molecular flexibility index (Phi) is 5.29. The predicted octanol–water partition coefficient (Wildman–Crippen LogP) is 2.89. The molecule has 0 saturated carbocycles. The van der Waals surface area contributed by atoms with E-state index in [0.717, 1.165) is 4.88 Å². The molecule has 2 saturated heterocycles. The van der Waals surface area contributed by atoms with Gasteiger partial charge in [0, 0.05) is 24.0 Å². The lowest BCUT2D eigenvalue weighted by Crippen LogP contribution is -2.50. The number of hydrogen-bond donors (Lipinski definition) is 1. The van der Waals surface area contributed by atoms with Crippen LogP contribution in [0.25, 0.3) is 0 Å². The largest absolute Gasteiger partial charge is 0.333 e. The molecule has 28 heavy (non-hydrogen) atoms. The third kappa shape index (κ3) is 3.73. The number of thiophene rings is 1. The number of amides is 5. The number of likely N-dealkylation sites (tertiary alicyclic amines) is 1. The van der Waals surface area contributed by atoms with Crippen LogP contribution in [0.2, 0.25) is 0 Å². The van der Waals surface area contributed by atoms with E-state index in [-0.39, 0.29) is 30.6 Å². The number of carbonyl (C=O) groups excluding carboxylic acids is 3. The molecule has 0 unspecified atom stereocenters. The summed E-state index contributed by atoms with van der Waals surface area (Å²) in [6.07, 6.45) is 1.35. The van der Waals surface area contributed by atoms with Gasteiger partial charge in [-0.15, -0.1) is 11.3 Å². The van der Waals surface area contributed by atoms with E-state index in [2.05, 4.69) is 5.32 Å². The molecule has 1 N–H and O–H groups in total. The molecule has 2 aliphatic rings. The van der Waals surface area contributed by atoms with Gasteiger partial charge in [-0.2, -0.15) is 0 Å². The summed E-state index contributed by atoms with van der Waals surface area (Å²) in [5, 5.41) is 4.92. The summed E-state index contributed by atoms with van der Waals surface area (Å²) < 4.78 is 0. The number of anilines is 1. The average molecular weight is 398 g/mol. The summed E-state index contributed by atoms with van der Waals surface area (Å²) in [5.41, 5.74) is 0.602. The Hall–Kier alpha value is -2.87. The molecular formula is C20H22N4O3S. The number of nitrogens with one attached hydrogen (secondary N) is 1. The lowest BCUT2D eigenvalue weighted by molar-refractivity contribution is -0.116. The van der Waals surface area contributed by atoms with Crippen molar-refractivity contribution in [3.8, 4) is 0 Å². The number of urea groups is 2. The second-order valence-electron chi connectivity index (χ2n) is 6.93. The van der Waals surface area contributed by atoms with Crippen molar-refractivity contribution in [3.05, 3.63) is 52.7 Å². The highest BCUT2D eigenvalue weighted by Gasteiger charge is 2.41. The quantitative estimate of drug-likeness (QED) is 0.805. The van der Waals surface area contributed by atoms with Crippen molar-refractivity contribution in [1.82, 2.24) is 15.1 Å². The van der Waals surface area contributed by atoms with Gasteiger partial charge in [0.25, 0.3) is 5.91 Å². The van der Waals surface area contributed by atoms with Crippen molar-refractivity contribution in [2.75, 3.05) is 24.5 Å². The fourth-order valence-electron chi connectivity index (χ4n) is 3.70. The number of imide groups is 1. The molecule has 2 aromatic rings. The molecule has 0 aliphatic carbocycles. The van der Waals surface area contributed by atoms with Gasteiger partial charge in [0.1, 0.15) is 6.54 Å². The van der Waals surface area contributed by atoms with Gasteiger partial charge in [-0.25, -0.2) is 14.5 Å². The van der Waals surface area contributed by atoms with Gasteiger partial charge < -0.3 is 15.1 Å². The highest BCUT2D eigenvalue weighted by Crippen LogP contribution is 2.26. The molecule has 0 atom stereocenters. The summed E-state index contributed by atoms with van der Waals surface area (Å²) in [6, 6.07) is 12.6. The maximum Gasteiger partial charge on any atom is 0.332 e. The van der Waals surface area contributed by atoms with Crippen LogP contribution in [0.1, 0.15) is 17.7 Å². The predicted molar refractivity (Wildman–Crippen MR) is 107 cm³/mol. The molecule has 3 heterocycles.